The molecule has 4 rings (SSSR count). The van der Waals surface area contributed by atoms with E-state index < -0.39 is 48.2 Å². The molecule has 1 N–H and O–H groups in total. The number of carbonyl (C=O) groups is 3. The molecule has 3 heterocycles. The van der Waals surface area contributed by atoms with E-state index >= 15 is 0 Å². The first-order chi connectivity index (χ1) is 14.0. The number of rotatable bonds is 2. The van der Waals surface area contributed by atoms with Crippen molar-refractivity contribution in [1.82, 2.24) is 4.90 Å². The van der Waals surface area contributed by atoms with E-state index in [1.165, 1.54) is 6.07 Å². The van der Waals surface area contributed by atoms with Crippen LogP contribution in [0.25, 0.3) is 0 Å². The molecule has 2 unspecified atom stereocenters. The zero-order chi connectivity index (χ0) is 22.0. The molecule has 0 aliphatic carbocycles. The van der Waals surface area contributed by atoms with Gasteiger partial charge in [0.1, 0.15) is 0 Å². The molecule has 0 spiro atoms. The number of hydrogen-bond donors (Lipinski definition) is 1. The molecule has 0 fully saturated rings. The van der Waals surface area contributed by atoms with Crippen molar-refractivity contribution in [3.05, 3.63) is 52.1 Å². The van der Waals surface area contributed by atoms with Crippen molar-refractivity contribution in [1.29, 1.82) is 0 Å². The predicted octanol–water partition coefficient (Wildman–Crippen LogP) is 2.50. The maximum absolute atomic E-state index is 14.6. The molecule has 0 saturated heterocycles. The standard InChI is InChI=1S/C18H13FNO6.3CH3.Sn/c1-8-16-15(17(22)26-8)13(9-2-4-10(19)5-3-9)14-11(20(16)18(23)24)6-25-7-12(14)21;;;;/h2-4,8,13H,6-7H2,1H3,(H,23,24);3*1H3;. The SMILES string of the molecule is CC1OC(=O)C2=C1N(C(=O)O)C1=C(C(=O)COC1)C2c1ccc(F)[c]([Sn]([CH3])([CH3])[CH3])c1. The quantitative estimate of drug-likeness (QED) is 0.475. The van der Waals surface area contributed by atoms with Crippen LogP contribution in [0.3, 0.4) is 0 Å². The number of Topliss-reactive ketones (excluding diaryl/α,β-unsaturated/α-hetero) is 1. The monoisotopic (exact) mass is 523 g/mol. The van der Waals surface area contributed by atoms with Gasteiger partial charge in [-0.3, -0.25) is 0 Å². The Kier molecular flexibility index (Phi) is 5.05. The summed E-state index contributed by atoms with van der Waals surface area (Å²) in [6.07, 6.45) is -2.11. The van der Waals surface area contributed by atoms with Gasteiger partial charge in [0.05, 0.1) is 0 Å². The fourth-order valence-corrected chi connectivity index (χ4v) is 8.37. The number of halogens is 1. The van der Waals surface area contributed by atoms with Crippen LogP contribution < -0.4 is 3.58 Å². The first-order valence-corrected chi connectivity index (χ1v) is 19.6. The zero-order valence-electron chi connectivity index (χ0n) is 17.1. The van der Waals surface area contributed by atoms with Gasteiger partial charge in [-0.1, -0.05) is 0 Å². The second-order valence-corrected chi connectivity index (χ2v) is 23.0. The van der Waals surface area contributed by atoms with Crippen molar-refractivity contribution in [2.24, 2.45) is 0 Å². The summed E-state index contributed by atoms with van der Waals surface area (Å²) in [5.74, 6) is -2.16. The molecule has 7 nitrogen and oxygen atoms in total. The summed E-state index contributed by atoms with van der Waals surface area (Å²) < 4.78 is 25.9. The molecule has 3 aliphatic rings. The number of amides is 1. The van der Waals surface area contributed by atoms with Gasteiger partial charge in [0.15, 0.2) is 0 Å². The maximum atomic E-state index is 14.6. The molecule has 1 aromatic carbocycles. The van der Waals surface area contributed by atoms with Gasteiger partial charge in [0.25, 0.3) is 0 Å². The molecule has 0 radical (unpaired) electrons. The van der Waals surface area contributed by atoms with Gasteiger partial charge in [0.2, 0.25) is 0 Å². The van der Waals surface area contributed by atoms with Crippen LogP contribution in [-0.4, -0.2) is 65.5 Å². The predicted molar refractivity (Wildman–Crippen MR) is 107 cm³/mol. The molecule has 0 saturated carbocycles. The molecule has 1 amide bonds. The summed E-state index contributed by atoms with van der Waals surface area (Å²) in [5.41, 5.74) is 1.30. The average Bonchev–Trinajstić information content (AvgIpc) is 2.94. The summed E-state index contributed by atoms with van der Waals surface area (Å²) in [4.78, 5) is 44.9. The Labute approximate surface area is 177 Å². The van der Waals surface area contributed by atoms with E-state index in [-0.39, 0.29) is 41.6 Å². The number of benzene rings is 1. The normalized spacial score (nSPS) is 24.1. The van der Waals surface area contributed by atoms with Crippen LogP contribution in [-0.2, 0) is 19.1 Å². The summed E-state index contributed by atoms with van der Waals surface area (Å²) in [5, 5.41) is 9.84. The molecule has 9 heteroatoms. The van der Waals surface area contributed by atoms with Gasteiger partial charge in [-0.15, -0.1) is 0 Å². The Morgan fingerprint density at radius 1 is 1.20 bits per heavy atom. The summed E-state index contributed by atoms with van der Waals surface area (Å²) in [6.45, 7) is 1.31. The Bertz CT molecular complexity index is 1050. The molecule has 0 aromatic heterocycles. The minimum absolute atomic E-state index is 0.0753. The Hall–Kier alpha value is -2.20. The van der Waals surface area contributed by atoms with E-state index in [2.05, 4.69) is 14.8 Å². The van der Waals surface area contributed by atoms with E-state index in [4.69, 9.17) is 9.47 Å². The molecule has 2 atom stereocenters. The van der Waals surface area contributed by atoms with Crippen LogP contribution in [0.5, 0.6) is 0 Å². The van der Waals surface area contributed by atoms with Gasteiger partial charge in [-0.05, 0) is 0 Å². The van der Waals surface area contributed by atoms with Crippen molar-refractivity contribution in [3.63, 3.8) is 0 Å². The van der Waals surface area contributed by atoms with Crippen LogP contribution >= 0.6 is 0 Å². The van der Waals surface area contributed by atoms with Gasteiger partial charge < -0.3 is 0 Å². The fourth-order valence-electron chi connectivity index (χ4n) is 4.38. The van der Waals surface area contributed by atoms with Crippen LogP contribution in [0.4, 0.5) is 9.18 Å². The van der Waals surface area contributed by atoms with Crippen LogP contribution in [0, 0.1) is 5.82 Å². The molecule has 30 heavy (non-hydrogen) atoms. The number of cyclic esters (lactones) is 1. The number of carboxylic acid groups (broad SMARTS) is 1. The number of hydrogen-bond acceptors (Lipinski definition) is 5. The third kappa shape index (κ3) is 3.17. The minimum atomic E-state index is -2.86. The Morgan fingerprint density at radius 3 is 2.53 bits per heavy atom. The Balaban J connectivity index is 2.01. The number of ketones is 1. The molecule has 3 aliphatic heterocycles. The number of esters is 1. The molecular weight excluding hydrogens is 500 g/mol. The second kappa shape index (κ2) is 7.19. The summed E-state index contributed by atoms with van der Waals surface area (Å²) >= 11 is -2.86. The van der Waals surface area contributed by atoms with Gasteiger partial charge in [-0.2, -0.15) is 0 Å². The van der Waals surface area contributed by atoms with Crippen LogP contribution in [0.15, 0.2) is 40.7 Å². The fraction of sp³-hybridized carbons (Fsp3) is 0.381. The van der Waals surface area contributed by atoms with Crippen LogP contribution in [0.2, 0.25) is 14.8 Å². The van der Waals surface area contributed by atoms with Gasteiger partial charge >= 0.3 is 177 Å². The molecule has 0 bridgehead atoms. The number of ether oxygens (including phenoxy) is 2. The second-order valence-electron chi connectivity index (χ2n) is 8.66. The van der Waals surface area contributed by atoms with E-state index in [0.717, 1.165) is 4.90 Å². The van der Waals surface area contributed by atoms with Crippen molar-refractivity contribution in [2.45, 2.75) is 33.8 Å². The molecule has 158 valence electrons. The van der Waals surface area contributed by atoms with Crippen molar-refractivity contribution in [3.8, 4) is 0 Å². The number of nitrogens with zero attached hydrogens (tertiary/aromatic N) is 1. The third-order valence-corrected chi connectivity index (χ3v) is 11.4. The van der Waals surface area contributed by atoms with Gasteiger partial charge in [-0.25, -0.2) is 0 Å². The topological polar surface area (TPSA) is 93.1 Å². The van der Waals surface area contributed by atoms with E-state index in [1.807, 2.05) is 0 Å². The first-order valence-electron chi connectivity index (χ1n) is 9.64. The van der Waals surface area contributed by atoms with Crippen molar-refractivity contribution in [2.75, 3.05) is 13.2 Å². The van der Waals surface area contributed by atoms with Crippen molar-refractivity contribution < 1.29 is 33.4 Å². The van der Waals surface area contributed by atoms with Crippen LogP contribution in [0.1, 0.15) is 18.4 Å². The third-order valence-electron chi connectivity index (χ3n) is 5.66. The summed E-state index contributed by atoms with van der Waals surface area (Å²) in [6, 6.07) is 4.66. The van der Waals surface area contributed by atoms with E-state index in [9.17, 15) is 23.9 Å². The van der Waals surface area contributed by atoms with Crippen molar-refractivity contribution >= 4 is 39.8 Å². The number of carbonyl (C=O) groups excluding carboxylic acids is 2. The van der Waals surface area contributed by atoms with E-state index in [1.54, 1.807) is 19.1 Å². The first kappa shape index (κ1) is 21.0. The Morgan fingerprint density at radius 2 is 1.90 bits per heavy atom. The average molecular weight is 522 g/mol. The van der Waals surface area contributed by atoms with E-state index in [0.29, 0.717) is 9.14 Å². The zero-order valence-corrected chi connectivity index (χ0v) is 20.0. The van der Waals surface area contributed by atoms with Gasteiger partial charge in [0, 0.05) is 0 Å². The molecule has 1 aromatic rings. The molecular formula is C21H22FNO6Sn. The summed E-state index contributed by atoms with van der Waals surface area (Å²) in [7, 11) is 0.